The summed E-state index contributed by atoms with van der Waals surface area (Å²) in [6.07, 6.45) is 9.40. The molecule has 3 heterocycles. The maximum atomic E-state index is 6.50. The van der Waals surface area contributed by atoms with Crippen molar-refractivity contribution >= 4 is 46.2 Å². The van der Waals surface area contributed by atoms with Gasteiger partial charge in [-0.25, -0.2) is 9.97 Å². The number of methoxy groups -OCH3 is 1. The summed E-state index contributed by atoms with van der Waals surface area (Å²) in [5.41, 5.74) is 10.4. The third-order valence-corrected chi connectivity index (χ3v) is 6.17. The summed E-state index contributed by atoms with van der Waals surface area (Å²) in [6.45, 7) is 1.97. The van der Waals surface area contributed by atoms with Crippen molar-refractivity contribution in [1.29, 1.82) is 0 Å². The van der Waals surface area contributed by atoms with Gasteiger partial charge in [0.25, 0.3) is 0 Å². The molecule has 3 aromatic rings. The van der Waals surface area contributed by atoms with Crippen LogP contribution in [0, 0.1) is 0 Å². The predicted molar refractivity (Wildman–Crippen MR) is 126 cm³/mol. The van der Waals surface area contributed by atoms with Gasteiger partial charge in [0.2, 0.25) is 0 Å². The van der Waals surface area contributed by atoms with Crippen molar-refractivity contribution in [2.24, 2.45) is 10.7 Å². The van der Waals surface area contributed by atoms with Gasteiger partial charge >= 0.3 is 0 Å². The number of benzene rings is 1. The van der Waals surface area contributed by atoms with Gasteiger partial charge < -0.3 is 20.8 Å². The Labute approximate surface area is 190 Å². The molecule has 2 aromatic heterocycles. The first kappa shape index (κ1) is 21.6. The zero-order valence-corrected chi connectivity index (χ0v) is 18.7. The second kappa shape index (κ2) is 9.68. The minimum Gasteiger partial charge on any atom is -0.495 e. The minimum absolute atomic E-state index is 0.299. The van der Waals surface area contributed by atoms with Gasteiger partial charge in [-0.2, -0.15) is 0 Å². The molecule has 9 heteroatoms. The van der Waals surface area contributed by atoms with E-state index in [-0.39, 0.29) is 0 Å². The summed E-state index contributed by atoms with van der Waals surface area (Å²) in [5.74, 6) is 0.579. The third kappa shape index (κ3) is 4.69. The second-order valence-electron chi connectivity index (χ2n) is 7.37. The molecule has 162 valence electrons. The van der Waals surface area contributed by atoms with Crippen molar-refractivity contribution in [2.45, 2.75) is 25.3 Å². The zero-order chi connectivity index (χ0) is 21.8. The number of piperidine rings is 1. The largest absolute Gasteiger partial charge is 0.495 e. The molecule has 0 spiro atoms. The second-order valence-corrected chi connectivity index (χ2v) is 8.15. The average Bonchev–Trinajstić information content (AvgIpc) is 3.20. The molecule has 1 aliphatic heterocycles. The van der Waals surface area contributed by atoms with Gasteiger partial charge in [0, 0.05) is 41.2 Å². The molecule has 0 atom stereocenters. The van der Waals surface area contributed by atoms with Crippen molar-refractivity contribution in [1.82, 2.24) is 20.3 Å². The van der Waals surface area contributed by atoms with E-state index in [0.29, 0.717) is 39.6 Å². The number of rotatable bonds is 6. The normalized spacial score (nSPS) is 15.8. The van der Waals surface area contributed by atoms with Crippen molar-refractivity contribution < 1.29 is 4.74 Å². The highest BCUT2D eigenvalue weighted by Crippen LogP contribution is 2.35. The Morgan fingerprint density at radius 3 is 2.87 bits per heavy atom. The molecular formula is C22H24Cl2N6O. The van der Waals surface area contributed by atoms with Gasteiger partial charge in [0.05, 0.1) is 30.1 Å². The number of aromatic nitrogens is 3. The number of aliphatic imine (C=N–C) groups is 1. The van der Waals surface area contributed by atoms with Gasteiger partial charge in [0.1, 0.15) is 11.3 Å². The van der Waals surface area contributed by atoms with E-state index in [1.807, 2.05) is 6.20 Å². The number of H-pyrrole nitrogens is 1. The van der Waals surface area contributed by atoms with Crippen LogP contribution in [-0.4, -0.2) is 47.4 Å². The highest BCUT2D eigenvalue weighted by molar-refractivity contribution is 6.37. The lowest BCUT2D eigenvalue weighted by molar-refractivity contribution is 0.414. The van der Waals surface area contributed by atoms with Crippen LogP contribution < -0.4 is 15.8 Å². The molecule has 1 aliphatic rings. The number of nitrogens with two attached hydrogens (primary N) is 1. The highest BCUT2D eigenvalue weighted by atomic mass is 35.5. The number of hydrogen-bond donors (Lipinski definition) is 3. The van der Waals surface area contributed by atoms with Crippen LogP contribution in [0.1, 0.15) is 29.7 Å². The summed E-state index contributed by atoms with van der Waals surface area (Å²) < 4.78 is 5.32. The number of aromatic amines is 1. The summed E-state index contributed by atoms with van der Waals surface area (Å²) >= 11 is 12.9. The molecule has 4 rings (SSSR count). The number of allylic oxidation sites excluding steroid dienone is 1. The van der Waals surface area contributed by atoms with Crippen LogP contribution in [0.25, 0.3) is 16.7 Å². The maximum Gasteiger partial charge on any atom is 0.156 e. The number of halogens is 2. The lowest BCUT2D eigenvalue weighted by atomic mass is 10.1. The van der Waals surface area contributed by atoms with Crippen molar-refractivity contribution in [3.05, 3.63) is 57.6 Å². The fraction of sp³-hybridized carbons (Fsp3) is 0.318. The Hall–Kier alpha value is -2.61. The monoisotopic (exact) mass is 458 g/mol. The Morgan fingerprint density at radius 2 is 2.13 bits per heavy atom. The molecule has 7 nitrogen and oxygen atoms in total. The predicted octanol–water partition coefficient (Wildman–Crippen LogP) is 3.99. The fourth-order valence-electron chi connectivity index (χ4n) is 3.64. The van der Waals surface area contributed by atoms with E-state index in [9.17, 15) is 0 Å². The van der Waals surface area contributed by atoms with Crippen molar-refractivity contribution in [3.63, 3.8) is 0 Å². The van der Waals surface area contributed by atoms with Gasteiger partial charge in [-0.05, 0) is 43.6 Å². The zero-order valence-electron chi connectivity index (χ0n) is 17.2. The third-order valence-electron chi connectivity index (χ3n) is 5.41. The molecule has 4 N–H and O–H groups in total. The first-order chi connectivity index (χ1) is 15.1. The van der Waals surface area contributed by atoms with Gasteiger partial charge in [-0.1, -0.05) is 23.2 Å². The SMILES string of the molecule is COc1ccc(Cl)c(Cc2c[nH]c3ncc(C(C=NC4CCNCC4)=CN)nc23)c1Cl. The van der Waals surface area contributed by atoms with Crippen LogP contribution in [0.2, 0.25) is 10.0 Å². The molecule has 1 saturated heterocycles. The Bertz CT molecular complexity index is 1130. The van der Waals surface area contributed by atoms with Crippen molar-refractivity contribution in [3.8, 4) is 5.75 Å². The van der Waals surface area contributed by atoms with Crippen LogP contribution >= 0.6 is 23.2 Å². The smallest absolute Gasteiger partial charge is 0.156 e. The quantitative estimate of drug-likeness (QED) is 0.484. The first-order valence-electron chi connectivity index (χ1n) is 10.1. The Kier molecular flexibility index (Phi) is 6.75. The minimum atomic E-state index is 0.299. The van der Waals surface area contributed by atoms with E-state index in [0.717, 1.165) is 48.1 Å². The number of nitrogens with zero attached hydrogens (tertiary/aromatic N) is 3. The molecule has 0 bridgehead atoms. The molecule has 0 amide bonds. The lowest BCUT2D eigenvalue weighted by Gasteiger charge is -2.18. The Morgan fingerprint density at radius 1 is 1.32 bits per heavy atom. The molecule has 1 fully saturated rings. The molecule has 0 aliphatic carbocycles. The lowest BCUT2D eigenvalue weighted by Crippen LogP contribution is -2.29. The van der Waals surface area contributed by atoms with Gasteiger partial charge in [0.15, 0.2) is 5.65 Å². The standard InChI is InChI=1S/C22H24Cl2N6O/c1-31-19-3-2-17(23)16(20(19)24)8-13-10-28-22-21(13)30-18(12-29-22)14(9-25)11-27-15-4-6-26-7-5-15/h2-3,9-12,15,26H,4-8,25H2,1H3,(H,28,29). The van der Waals surface area contributed by atoms with Gasteiger partial charge in [-0.3, -0.25) is 4.99 Å². The molecule has 0 radical (unpaired) electrons. The average molecular weight is 459 g/mol. The molecule has 0 unspecified atom stereocenters. The van der Waals surface area contributed by atoms with Crippen LogP contribution in [0.3, 0.4) is 0 Å². The molecular weight excluding hydrogens is 435 g/mol. The molecule has 0 saturated carbocycles. The first-order valence-corrected chi connectivity index (χ1v) is 10.9. The van der Waals surface area contributed by atoms with E-state index < -0.39 is 0 Å². The summed E-state index contributed by atoms with van der Waals surface area (Å²) in [7, 11) is 1.58. The van der Waals surface area contributed by atoms with Gasteiger partial charge in [-0.15, -0.1) is 0 Å². The van der Waals surface area contributed by atoms with Crippen LogP contribution in [0.15, 0.2) is 35.7 Å². The van der Waals surface area contributed by atoms with Crippen LogP contribution in [-0.2, 0) is 6.42 Å². The topological polar surface area (TPSA) is 101 Å². The Balaban J connectivity index is 1.64. The fourth-order valence-corrected chi connectivity index (χ4v) is 4.22. The summed E-state index contributed by atoms with van der Waals surface area (Å²) in [5, 5.41) is 4.40. The van der Waals surface area contributed by atoms with Crippen molar-refractivity contribution in [2.75, 3.05) is 20.2 Å². The maximum absolute atomic E-state index is 6.50. The molecule has 31 heavy (non-hydrogen) atoms. The number of hydrogen-bond acceptors (Lipinski definition) is 6. The summed E-state index contributed by atoms with van der Waals surface area (Å²) in [4.78, 5) is 17.2. The van der Waals surface area contributed by atoms with E-state index in [1.54, 1.807) is 31.7 Å². The van der Waals surface area contributed by atoms with E-state index in [1.165, 1.54) is 6.20 Å². The highest BCUT2D eigenvalue weighted by Gasteiger charge is 2.16. The molecule has 1 aromatic carbocycles. The van der Waals surface area contributed by atoms with E-state index in [2.05, 4.69) is 15.3 Å². The number of nitrogens with one attached hydrogen (secondary N) is 2. The van der Waals surface area contributed by atoms with E-state index >= 15 is 0 Å². The number of ether oxygens (including phenoxy) is 1. The number of fused-ring (bicyclic) bond motifs is 1. The summed E-state index contributed by atoms with van der Waals surface area (Å²) in [6, 6.07) is 3.83. The van der Waals surface area contributed by atoms with E-state index in [4.69, 9.17) is 43.6 Å². The van der Waals surface area contributed by atoms with Crippen LogP contribution in [0.5, 0.6) is 5.75 Å². The van der Waals surface area contributed by atoms with Crippen LogP contribution in [0.4, 0.5) is 0 Å².